The molecule has 1 aromatic rings. The molecule has 0 atom stereocenters. The maximum atomic E-state index is 10.9. The van der Waals surface area contributed by atoms with Gasteiger partial charge in [0.15, 0.2) is 0 Å². The molecule has 0 spiro atoms. The minimum absolute atomic E-state index is 0.0634. The van der Waals surface area contributed by atoms with E-state index >= 15 is 0 Å². The van der Waals surface area contributed by atoms with Crippen LogP contribution in [-0.2, 0) is 22.4 Å². The molecule has 0 bridgehead atoms. The molecular weight excluding hydrogens is 178 g/mol. The first kappa shape index (κ1) is 10.6. The third-order valence-corrected chi connectivity index (χ3v) is 1.84. The number of hydrogen-bond donors (Lipinski definition) is 0. The van der Waals surface area contributed by atoms with E-state index in [0.717, 1.165) is 11.3 Å². The van der Waals surface area contributed by atoms with Crippen molar-refractivity contribution in [1.82, 2.24) is 4.98 Å². The lowest BCUT2D eigenvalue weighted by atomic mass is 10.0. The molecule has 3 heteroatoms. The zero-order chi connectivity index (χ0) is 10.6. The Balaban J connectivity index is 2.90. The van der Waals surface area contributed by atoms with Crippen LogP contribution in [0.5, 0.6) is 0 Å². The molecule has 0 aliphatic rings. The largest absolute Gasteiger partial charge is 0.300 e. The summed E-state index contributed by atoms with van der Waals surface area (Å²) in [5.74, 6) is 0.149. The Labute approximate surface area is 83.2 Å². The predicted octanol–water partition coefficient (Wildman–Crippen LogP) is 1.34. The van der Waals surface area contributed by atoms with Crippen molar-refractivity contribution in [2.45, 2.75) is 26.7 Å². The van der Waals surface area contributed by atoms with Gasteiger partial charge in [-0.25, -0.2) is 0 Å². The second kappa shape index (κ2) is 4.65. The van der Waals surface area contributed by atoms with Gasteiger partial charge >= 0.3 is 0 Å². The normalized spacial score (nSPS) is 9.86. The van der Waals surface area contributed by atoms with Crippen LogP contribution in [0.25, 0.3) is 0 Å². The molecule has 14 heavy (non-hydrogen) atoms. The van der Waals surface area contributed by atoms with Crippen LogP contribution in [0.1, 0.15) is 25.1 Å². The van der Waals surface area contributed by atoms with Crippen LogP contribution in [0.2, 0.25) is 0 Å². The average Bonchev–Trinajstić information content (AvgIpc) is 2.06. The predicted molar refractivity (Wildman–Crippen MR) is 53.0 cm³/mol. The van der Waals surface area contributed by atoms with Crippen molar-refractivity contribution in [1.29, 1.82) is 0 Å². The number of aromatic nitrogens is 1. The number of ketones is 2. The van der Waals surface area contributed by atoms with Gasteiger partial charge in [0.25, 0.3) is 0 Å². The van der Waals surface area contributed by atoms with E-state index in [0.29, 0.717) is 12.8 Å². The van der Waals surface area contributed by atoms with Crippen LogP contribution in [0.4, 0.5) is 0 Å². The van der Waals surface area contributed by atoms with Crippen molar-refractivity contribution < 1.29 is 9.59 Å². The zero-order valence-corrected chi connectivity index (χ0v) is 8.41. The van der Waals surface area contributed by atoms with Gasteiger partial charge in [0.1, 0.15) is 11.6 Å². The number of hydrogen-bond acceptors (Lipinski definition) is 3. The maximum absolute atomic E-state index is 10.9. The first-order valence-corrected chi connectivity index (χ1v) is 4.51. The summed E-state index contributed by atoms with van der Waals surface area (Å²) in [6, 6.07) is 3.62. The highest BCUT2D eigenvalue weighted by atomic mass is 16.1. The molecule has 1 heterocycles. The van der Waals surface area contributed by atoms with E-state index in [4.69, 9.17) is 0 Å². The molecule has 0 unspecified atom stereocenters. The number of carbonyl (C=O) groups excluding carboxylic acids is 2. The Morgan fingerprint density at radius 1 is 1.21 bits per heavy atom. The number of nitrogens with zero attached hydrogens (tertiary/aromatic N) is 1. The Hall–Kier alpha value is -1.51. The Kier molecular flexibility index (Phi) is 3.51. The summed E-state index contributed by atoms with van der Waals surface area (Å²) >= 11 is 0. The van der Waals surface area contributed by atoms with Crippen molar-refractivity contribution in [3.8, 4) is 0 Å². The molecule has 0 aliphatic heterocycles. The second-order valence-corrected chi connectivity index (χ2v) is 3.37. The van der Waals surface area contributed by atoms with Gasteiger partial charge in [0.05, 0.1) is 5.69 Å². The van der Waals surface area contributed by atoms with Gasteiger partial charge < -0.3 is 0 Å². The van der Waals surface area contributed by atoms with Crippen LogP contribution in [0.3, 0.4) is 0 Å². The van der Waals surface area contributed by atoms with Gasteiger partial charge in [0, 0.05) is 19.0 Å². The molecule has 1 rings (SSSR count). The number of Topliss-reactive ketones (excluding diaryl/α,β-unsaturated/α-hetero) is 2. The Morgan fingerprint density at radius 3 is 2.43 bits per heavy atom. The molecule has 74 valence electrons. The summed E-state index contributed by atoms with van der Waals surface area (Å²) in [5.41, 5.74) is 1.57. The van der Waals surface area contributed by atoms with E-state index < -0.39 is 0 Å². The van der Waals surface area contributed by atoms with Crippen molar-refractivity contribution in [3.05, 3.63) is 29.6 Å². The molecular formula is C11H13NO2. The molecule has 0 amide bonds. The van der Waals surface area contributed by atoms with Gasteiger partial charge in [-0.15, -0.1) is 0 Å². The summed E-state index contributed by atoms with van der Waals surface area (Å²) in [7, 11) is 0. The molecule has 0 saturated heterocycles. The highest BCUT2D eigenvalue weighted by Gasteiger charge is 2.07. The number of rotatable bonds is 4. The molecule has 0 aliphatic carbocycles. The van der Waals surface area contributed by atoms with E-state index in [1.807, 2.05) is 6.07 Å². The SMILES string of the molecule is CC(=O)Cc1cccnc1CC(C)=O. The summed E-state index contributed by atoms with van der Waals surface area (Å²) in [4.78, 5) is 26.0. The number of carbonyl (C=O) groups is 2. The van der Waals surface area contributed by atoms with E-state index in [-0.39, 0.29) is 11.6 Å². The highest BCUT2D eigenvalue weighted by Crippen LogP contribution is 2.07. The van der Waals surface area contributed by atoms with Crippen molar-refractivity contribution >= 4 is 11.6 Å². The van der Waals surface area contributed by atoms with Gasteiger partial charge in [0.2, 0.25) is 0 Å². The summed E-state index contributed by atoms with van der Waals surface area (Å²) in [6.45, 7) is 3.05. The highest BCUT2D eigenvalue weighted by molar-refractivity contribution is 5.80. The summed E-state index contributed by atoms with van der Waals surface area (Å²) in [5, 5.41) is 0. The van der Waals surface area contributed by atoms with E-state index in [1.165, 1.54) is 13.8 Å². The van der Waals surface area contributed by atoms with Crippen LogP contribution >= 0.6 is 0 Å². The first-order valence-electron chi connectivity index (χ1n) is 4.51. The molecule has 1 aromatic heterocycles. The zero-order valence-electron chi connectivity index (χ0n) is 8.41. The third kappa shape index (κ3) is 3.09. The average molecular weight is 191 g/mol. The van der Waals surface area contributed by atoms with Crippen LogP contribution in [0.15, 0.2) is 18.3 Å². The van der Waals surface area contributed by atoms with Crippen molar-refractivity contribution in [2.75, 3.05) is 0 Å². The fraction of sp³-hybridized carbons (Fsp3) is 0.364. The van der Waals surface area contributed by atoms with Gasteiger partial charge in [-0.3, -0.25) is 14.6 Å². The quantitative estimate of drug-likeness (QED) is 0.721. The Morgan fingerprint density at radius 2 is 1.86 bits per heavy atom. The first-order chi connectivity index (χ1) is 6.59. The molecule has 0 aromatic carbocycles. The van der Waals surface area contributed by atoms with Crippen LogP contribution in [0, 0.1) is 0 Å². The van der Waals surface area contributed by atoms with Gasteiger partial charge in [-0.05, 0) is 25.5 Å². The molecule has 0 saturated carbocycles. The maximum Gasteiger partial charge on any atom is 0.135 e. The lowest BCUT2D eigenvalue weighted by molar-refractivity contribution is -0.117. The van der Waals surface area contributed by atoms with Crippen LogP contribution in [-0.4, -0.2) is 16.6 Å². The monoisotopic (exact) mass is 191 g/mol. The fourth-order valence-corrected chi connectivity index (χ4v) is 1.30. The molecule has 0 radical (unpaired) electrons. The van der Waals surface area contributed by atoms with E-state index in [9.17, 15) is 9.59 Å². The van der Waals surface area contributed by atoms with Crippen molar-refractivity contribution in [3.63, 3.8) is 0 Å². The summed E-state index contributed by atoms with van der Waals surface area (Å²) < 4.78 is 0. The number of pyridine rings is 1. The lowest BCUT2D eigenvalue weighted by Gasteiger charge is -2.04. The van der Waals surface area contributed by atoms with E-state index in [1.54, 1.807) is 12.3 Å². The standard InChI is InChI=1S/C11H13NO2/c1-8(13)6-10-4-3-5-12-11(10)7-9(2)14/h3-5H,6-7H2,1-2H3. The van der Waals surface area contributed by atoms with Gasteiger partial charge in [-0.2, -0.15) is 0 Å². The lowest BCUT2D eigenvalue weighted by Crippen LogP contribution is -2.06. The molecule has 0 N–H and O–H groups in total. The Bertz CT molecular complexity index is 323. The van der Waals surface area contributed by atoms with Crippen molar-refractivity contribution in [2.24, 2.45) is 0 Å². The smallest absolute Gasteiger partial charge is 0.135 e. The molecule has 3 nitrogen and oxygen atoms in total. The minimum atomic E-state index is 0.0634. The molecule has 0 fully saturated rings. The second-order valence-electron chi connectivity index (χ2n) is 3.37. The third-order valence-electron chi connectivity index (χ3n) is 1.84. The minimum Gasteiger partial charge on any atom is -0.300 e. The summed E-state index contributed by atoms with van der Waals surface area (Å²) in [6.07, 6.45) is 2.31. The van der Waals surface area contributed by atoms with Crippen LogP contribution < -0.4 is 0 Å². The fourth-order valence-electron chi connectivity index (χ4n) is 1.30. The van der Waals surface area contributed by atoms with Gasteiger partial charge in [-0.1, -0.05) is 6.07 Å². The topological polar surface area (TPSA) is 47.0 Å². The van der Waals surface area contributed by atoms with E-state index in [2.05, 4.69) is 4.98 Å².